The van der Waals surface area contributed by atoms with Crippen molar-refractivity contribution in [3.63, 3.8) is 0 Å². The van der Waals surface area contributed by atoms with Crippen molar-refractivity contribution in [2.75, 3.05) is 39.3 Å². The first-order chi connectivity index (χ1) is 12.2. The maximum absolute atomic E-state index is 12.1. The summed E-state index contributed by atoms with van der Waals surface area (Å²) in [5.74, 6) is 0.868. The molecule has 1 aliphatic heterocycles. The first kappa shape index (κ1) is 19.2. The number of aliphatic hydroxyl groups excluding tert-OH is 1. The number of nitrogens with one attached hydrogen (secondary N) is 2. The van der Waals surface area contributed by atoms with E-state index in [1.165, 1.54) is 0 Å². The maximum atomic E-state index is 12.1. The number of aliphatic imine (C=N–C) groups is 1. The molecule has 1 aliphatic rings. The smallest absolute Gasteiger partial charge is 0.224 e. The van der Waals surface area contributed by atoms with E-state index in [1.807, 2.05) is 42.2 Å². The lowest BCUT2D eigenvalue weighted by Gasteiger charge is -2.17. The zero-order chi connectivity index (χ0) is 17.9. The molecular weight excluding hydrogens is 316 g/mol. The molecular formula is C19H30N4O2. The second-order valence-electron chi connectivity index (χ2n) is 6.27. The van der Waals surface area contributed by atoms with E-state index in [2.05, 4.69) is 15.6 Å². The summed E-state index contributed by atoms with van der Waals surface area (Å²) in [4.78, 5) is 18.6. The molecule has 25 heavy (non-hydrogen) atoms. The van der Waals surface area contributed by atoms with Crippen LogP contribution in [0.1, 0.15) is 37.7 Å². The Kier molecular flexibility index (Phi) is 8.25. The summed E-state index contributed by atoms with van der Waals surface area (Å²) >= 11 is 0. The molecule has 1 amide bonds. The molecule has 0 bridgehead atoms. The molecule has 1 aromatic rings. The van der Waals surface area contributed by atoms with Crippen molar-refractivity contribution >= 4 is 11.9 Å². The molecule has 2 rings (SSSR count). The summed E-state index contributed by atoms with van der Waals surface area (Å²) < 4.78 is 0. The zero-order valence-corrected chi connectivity index (χ0v) is 15.1. The van der Waals surface area contributed by atoms with Crippen molar-refractivity contribution in [3.8, 4) is 0 Å². The predicted octanol–water partition coefficient (Wildman–Crippen LogP) is 1.33. The van der Waals surface area contributed by atoms with Crippen LogP contribution < -0.4 is 10.6 Å². The Bertz CT molecular complexity index is 542. The van der Waals surface area contributed by atoms with Gasteiger partial charge in [-0.3, -0.25) is 9.79 Å². The third-order valence-electron chi connectivity index (χ3n) is 4.40. The number of amides is 1. The van der Waals surface area contributed by atoms with Gasteiger partial charge in [-0.15, -0.1) is 0 Å². The predicted molar refractivity (Wildman–Crippen MR) is 101 cm³/mol. The molecule has 1 fully saturated rings. The van der Waals surface area contributed by atoms with Crippen LogP contribution in [0.3, 0.4) is 0 Å². The fraction of sp³-hybridized carbons (Fsp3) is 0.579. The number of carbonyl (C=O) groups is 1. The SMILES string of the molecule is CCNC(=NCC(CO)c1ccccc1)NCCC(=O)N1CCCC1. The van der Waals surface area contributed by atoms with Gasteiger partial charge < -0.3 is 20.6 Å². The van der Waals surface area contributed by atoms with Crippen LogP contribution in [-0.4, -0.2) is 61.2 Å². The van der Waals surface area contributed by atoms with Crippen molar-refractivity contribution in [1.29, 1.82) is 0 Å². The second-order valence-corrected chi connectivity index (χ2v) is 6.27. The summed E-state index contributed by atoms with van der Waals surface area (Å²) in [6, 6.07) is 9.91. The number of aliphatic hydroxyl groups is 1. The molecule has 1 heterocycles. The summed E-state index contributed by atoms with van der Waals surface area (Å²) in [6.45, 7) is 5.66. The van der Waals surface area contributed by atoms with E-state index < -0.39 is 0 Å². The highest BCUT2D eigenvalue weighted by molar-refractivity contribution is 5.81. The largest absolute Gasteiger partial charge is 0.396 e. The van der Waals surface area contributed by atoms with E-state index in [-0.39, 0.29) is 18.4 Å². The number of hydrogen-bond acceptors (Lipinski definition) is 3. The number of guanidine groups is 1. The molecule has 0 spiro atoms. The Balaban J connectivity index is 1.83. The fourth-order valence-corrected chi connectivity index (χ4v) is 2.95. The maximum Gasteiger partial charge on any atom is 0.224 e. The van der Waals surface area contributed by atoms with Gasteiger partial charge in [0.2, 0.25) is 5.91 Å². The van der Waals surface area contributed by atoms with Crippen molar-refractivity contribution < 1.29 is 9.90 Å². The lowest BCUT2D eigenvalue weighted by molar-refractivity contribution is -0.129. The molecule has 0 saturated carbocycles. The summed E-state index contributed by atoms with van der Waals surface area (Å²) in [5, 5.41) is 16.0. The van der Waals surface area contributed by atoms with Crippen LogP contribution >= 0.6 is 0 Å². The van der Waals surface area contributed by atoms with E-state index in [9.17, 15) is 9.90 Å². The average Bonchev–Trinajstić information content (AvgIpc) is 3.18. The molecule has 0 radical (unpaired) electrons. The van der Waals surface area contributed by atoms with Gasteiger partial charge in [0, 0.05) is 38.5 Å². The van der Waals surface area contributed by atoms with E-state index in [0.29, 0.717) is 25.5 Å². The first-order valence-corrected chi connectivity index (χ1v) is 9.20. The van der Waals surface area contributed by atoms with Crippen LogP contribution in [0, 0.1) is 0 Å². The van der Waals surface area contributed by atoms with Crippen LogP contribution in [-0.2, 0) is 4.79 Å². The molecule has 3 N–H and O–H groups in total. The highest BCUT2D eigenvalue weighted by Crippen LogP contribution is 2.15. The van der Waals surface area contributed by atoms with Gasteiger partial charge in [-0.25, -0.2) is 0 Å². The lowest BCUT2D eigenvalue weighted by Crippen LogP contribution is -2.40. The Hall–Kier alpha value is -2.08. The summed E-state index contributed by atoms with van der Waals surface area (Å²) in [5.41, 5.74) is 1.08. The quantitative estimate of drug-likeness (QED) is 0.490. The van der Waals surface area contributed by atoms with Gasteiger partial charge in [0.15, 0.2) is 5.96 Å². The number of likely N-dealkylation sites (tertiary alicyclic amines) is 1. The van der Waals surface area contributed by atoms with Gasteiger partial charge in [0.05, 0.1) is 13.2 Å². The topological polar surface area (TPSA) is 77.0 Å². The van der Waals surface area contributed by atoms with Gasteiger partial charge in [-0.1, -0.05) is 30.3 Å². The Morgan fingerprint density at radius 2 is 1.96 bits per heavy atom. The monoisotopic (exact) mass is 346 g/mol. The Labute approximate surface area is 150 Å². The number of benzene rings is 1. The van der Waals surface area contributed by atoms with Crippen molar-refractivity contribution in [3.05, 3.63) is 35.9 Å². The molecule has 6 nitrogen and oxygen atoms in total. The average molecular weight is 346 g/mol. The van der Waals surface area contributed by atoms with Crippen molar-refractivity contribution in [2.24, 2.45) is 4.99 Å². The number of hydrogen-bond donors (Lipinski definition) is 3. The molecule has 0 aliphatic carbocycles. The molecule has 1 unspecified atom stereocenters. The number of carbonyl (C=O) groups excluding carboxylic acids is 1. The van der Waals surface area contributed by atoms with Gasteiger partial charge in [0.25, 0.3) is 0 Å². The number of rotatable bonds is 8. The third-order valence-corrected chi connectivity index (χ3v) is 4.40. The molecule has 138 valence electrons. The minimum absolute atomic E-state index is 0.0251. The fourth-order valence-electron chi connectivity index (χ4n) is 2.95. The van der Waals surface area contributed by atoms with Crippen molar-refractivity contribution in [1.82, 2.24) is 15.5 Å². The van der Waals surface area contributed by atoms with Gasteiger partial charge in [-0.05, 0) is 25.3 Å². The second kappa shape index (κ2) is 10.7. The molecule has 1 saturated heterocycles. The molecule has 6 heteroatoms. The zero-order valence-electron chi connectivity index (χ0n) is 15.1. The van der Waals surface area contributed by atoms with Crippen LogP contribution in [0.2, 0.25) is 0 Å². The van der Waals surface area contributed by atoms with E-state index in [1.54, 1.807) is 0 Å². The van der Waals surface area contributed by atoms with Crippen LogP contribution in [0.5, 0.6) is 0 Å². The highest BCUT2D eigenvalue weighted by Gasteiger charge is 2.17. The van der Waals surface area contributed by atoms with Crippen LogP contribution in [0.4, 0.5) is 0 Å². The van der Waals surface area contributed by atoms with Crippen LogP contribution in [0.25, 0.3) is 0 Å². The van der Waals surface area contributed by atoms with E-state index >= 15 is 0 Å². The van der Waals surface area contributed by atoms with Gasteiger partial charge in [-0.2, -0.15) is 0 Å². The minimum Gasteiger partial charge on any atom is -0.396 e. The van der Waals surface area contributed by atoms with Gasteiger partial charge >= 0.3 is 0 Å². The standard InChI is InChI=1S/C19H30N4O2/c1-2-20-19(21-11-10-18(25)23-12-6-7-13-23)22-14-17(15-24)16-8-4-3-5-9-16/h3-5,8-9,17,24H,2,6-7,10-15H2,1H3,(H2,20,21,22). The van der Waals surface area contributed by atoms with Crippen molar-refractivity contribution in [2.45, 2.75) is 32.1 Å². The number of nitrogens with zero attached hydrogens (tertiary/aromatic N) is 2. The normalized spacial score (nSPS) is 15.9. The summed E-state index contributed by atoms with van der Waals surface area (Å²) in [6.07, 6.45) is 2.71. The third kappa shape index (κ3) is 6.38. The van der Waals surface area contributed by atoms with Gasteiger partial charge in [0.1, 0.15) is 0 Å². The lowest BCUT2D eigenvalue weighted by atomic mass is 10.0. The van der Waals surface area contributed by atoms with E-state index in [0.717, 1.165) is 38.0 Å². The Morgan fingerprint density at radius 1 is 1.24 bits per heavy atom. The molecule has 1 atom stereocenters. The van der Waals surface area contributed by atoms with Crippen LogP contribution in [0.15, 0.2) is 35.3 Å². The summed E-state index contributed by atoms with van der Waals surface area (Å²) in [7, 11) is 0. The Morgan fingerprint density at radius 3 is 2.60 bits per heavy atom. The molecule has 0 aromatic heterocycles. The van der Waals surface area contributed by atoms with E-state index in [4.69, 9.17) is 0 Å². The minimum atomic E-state index is -0.0251. The first-order valence-electron chi connectivity index (χ1n) is 9.20. The molecule has 1 aromatic carbocycles. The highest BCUT2D eigenvalue weighted by atomic mass is 16.3.